The van der Waals surface area contributed by atoms with E-state index in [1.54, 1.807) is 0 Å². The van der Waals surface area contributed by atoms with Crippen LogP contribution < -0.4 is 0 Å². The molecule has 0 radical (unpaired) electrons. The van der Waals surface area contributed by atoms with E-state index in [0.29, 0.717) is 0 Å². The zero-order valence-corrected chi connectivity index (χ0v) is 13.8. The highest BCUT2D eigenvalue weighted by Gasteiger charge is 2.76. The molecule has 10 nitrogen and oxygen atoms in total. The minimum absolute atomic E-state index is 0.456. The van der Waals surface area contributed by atoms with Gasteiger partial charge in [-0.25, -0.2) is 4.79 Å². The van der Waals surface area contributed by atoms with Crippen LogP contribution in [0.5, 0.6) is 0 Å². The fourth-order valence-corrected chi connectivity index (χ4v) is 3.44. The fourth-order valence-electron chi connectivity index (χ4n) is 3.44. The molecule has 1 saturated carbocycles. The van der Waals surface area contributed by atoms with Gasteiger partial charge in [0.2, 0.25) is 5.60 Å². The third-order valence-corrected chi connectivity index (χ3v) is 4.79. The van der Waals surface area contributed by atoms with E-state index in [1.165, 1.54) is 0 Å². The SMILES string of the molecule is COC(=O)CC1(O)[C@H]2C(OC)=CC(=O)[C@]1(O)CC(=O)[C@@]2(O)C(=O)OC. The molecule has 1 unspecified atom stereocenters. The minimum Gasteiger partial charge on any atom is -0.500 e. The number of ether oxygens (including phenoxy) is 3. The summed E-state index contributed by atoms with van der Waals surface area (Å²) < 4.78 is 13.8. The number of hydrogen-bond donors (Lipinski definition) is 3. The van der Waals surface area contributed by atoms with Gasteiger partial charge in [-0.2, -0.15) is 0 Å². The molecule has 138 valence electrons. The predicted molar refractivity (Wildman–Crippen MR) is 76.7 cm³/mol. The number of methoxy groups -OCH3 is 3. The van der Waals surface area contributed by atoms with E-state index in [2.05, 4.69) is 9.47 Å². The summed E-state index contributed by atoms with van der Waals surface area (Å²) in [5, 5.41) is 32.5. The van der Waals surface area contributed by atoms with Gasteiger partial charge in [0.15, 0.2) is 17.2 Å². The molecular formula is C15H18O10. The normalized spacial score (nSPS) is 37.2. The predicted octanol–water partition coefficient (Wildman–Crippen LogP) is -2.38. The molecule has 2 aliphatic rings. The molecule has 1 fully saturated rings. The summed E-state index contributed by atoms with van der Waals surface area (Å²) >= 11 is 0. The third kappa shape index (κ3) is 2.29. The van der Waals surface area contributed by atoms with Crippen LogP contribution in [0.15, 0.2) is 11.8 Å². The summed E-state index contributed by atoms with van der Waals surface area (Å²) in [6, 6.07) is 0. The number of esters is 2. The van der Waals surface area contributed by atoms with Crippen molar-refractivity contribution in [1.29, 1.82) is 0 Å². The Kier molecular flexibility index (Phi) is 4.49. The molecule has 4 atom stereocenters. The molecule has 25 heavy (non-hydrogen) atoms. The smallest absolute Gasteiger partial charge is 0.346 e. The molecule has 0 aromatic rings. The van der Waals surface area contributed by atoms with Crippen molar-refractivity contribution >= 4 is 23.5 Å². The molecule has 10 heteroatoms. The van der Waals surface area contributed by atoms with Crippen LogP contribution in [0.25, 0.3) is 0 Å². The first kappa shape index (κ1) is 19.0. The van der Waals surface area contributed by atoms with E-state index < -0.39 is 64.8 Å². The zero-order valence-electron chi connectivity index (χ0n) is 13.8. The van der Waals surface area contributed by atoms with E-state index in [1.807, 2.05) is 0 Å². The standard InChI is InChI=1S/C15H18O10/c1-23-7-4-8(16)13(20)5-9(17)15(22,12(19)25-3)11(7)14(13,21)6-10(18)24-2/h4,11,20-22H,5-6H2,1-3H3/t11-,13-,14?,15+/m1/s1. The number of Topliss-reactive ketones (excluding diaryl/α,β-unsaturated/α-hetero) is 1. The summed E-state index contributed by atoms with van der Waals surface area (Å²) in [5.41, 5.74) is -8.45. The topological polar surface area (TPSA) is 157 Å². The number of hydrogen-bond acceptors (Lipinski definition) is 10. The quantitative estimate of drug-likeness (QED) is 0.366. The molecule has 0 aliphatic heterocycles. The lowest BCUT2D eigenvalue weighted by molar-refractivity contribution is -0.244. The van der Waals surface area contributed by atoms with Gasteiger partial charge in [-0.1, -0.05) is 0 Å². The number of carbonyl (C=O) groups is 4. The van der Waals surface area contributed by atoms with Crippen LogP contribution in [-0.2, 0) is 33.4 Å². The average molecular weight is 358 g/mol. The summed E-state index contributed by atoms with van der Waals surface area (Å²) in [4.78, 5) is 48.6. The molecule has 0 aromatic carbocycles. The zero-order chi connectivity index (χ0) is 19.2. The highest BCUT2D eigenvalue weighted by Crippen LogP contribution is 2.53. The monoisotopic (exact) mass is 358 g/mol. The van der Waals surface area contributed by atoms with Crippen molar-refractivity contribution in [3.63, 3.8) is 0 Å². The summed E-state index contributed by atoms with van der Waals surface area (Å²) in [7, 11) is 2.97. The van der Waals surface area contributed by atoms with Gasteiger partial charge in [0.05, 0.1) is 33.7 Å². The minimum atomic E-state index is -2.97. The van der Waals surface area contributed by atoms with Crippen molar-refractivity contribution < 1.29 is 48.7 Å². The van der Waals surface area contributed by atoms with E-state index in [-0.39, 0.29) is 0 Å². The van der Waals surface area contributed by atoms with E-state index >= 15 is 0 Å². The number of fused-ring (bicyclic) bond motifs is 2. The average Bonchev–Trinajstić information content (AvgIpc) is 2.56. The molecule has 2 aliphatic carbocycles. The molecule has 2 rings (SSSR count). The van der Waals surface area contributed by atoms with Gasteiger partial charge in [-0.3, -0.25) is 14.4 Å². The van der Waals surface area contributed by atoms with Crippen molar-refractivity contribution in [2.75, 3.05) is 21.3 Å². The molecule has 3 N–H and O–H groups in total. The van der Waals surface area contributed by atoms with Crippen molar-refractivity contribution in [3.05, 3.63) is 11.8 Å². The van der Waals surface area contributed by atoms with Crippen LogP contribution in [-0.4, -0.2) is 77.0 Å². The summed E-state index contributed by atoms with van der Waals surface area (Å²) in [6.45, 7) is 0. The van der Waals surface area contributed by atoms with Gasteiger partial charge in [-0.05, 0) is 0 Å². The van der Waals surface area contributed by atoms with Gasteiger partial charge in [0, 0.05) is 12.5 Å². The largest absolute Gasteiger partial charge is 0.500 e. The number of rotatable bonds is 4. The van der Waals surface area contributed by atoms with Crippen LogP contribution >= 0.6 is 0 Å². The maximum absolute atomic E-state index is 12.4. The summed E-state index contributed by atoms with van der Waals surface area (Å²) in [6.07, 6.45) is -1.32. The number of carbonyl (C=O) groups excluding carboxylic acids is 4. The lowest BCUT2D eigenvalue weighted by Crippen LogP contribution is -2.78. The summed E-state index contributed by atoms with van der Waals surface area (Å²) in [5.74, 6) is -7.24. The maximum Gasteiger partial charge on any atom is 0.346 e. The Morgan fingerprint density at radius 3 is 2.24 bits per heavy atom. The van der Waals surface area contributed by atoms with E-state index in [4.69, 9.17) is 4.74 Å². The van der Waals surface area contributed by atoms with Gasteiger partial charge >= 0.3 is 11.9 Å². The Bertz CT molecular complexity index is 682. The molecule has 0 amide bonds. The van der Waals surface area contributed by atoms with Crippen LogP contribution in [0, 0.1) is 5.92 Å². The first-order chi connectivity index (χ1) is 11.5. The van der Waals surface area contributed by atoms with E-state index in [0.717, 1.165) is 27.4 Å². The second-order valence-corrected chi connectivity index (χ2v) is 5.94. The van der Waals surface area contributed by atoms with Crippen LogP contribution in [0.3, 0.4) is 0 Å². The molecule has 2 bridgehead atoms. The third-order valence-electron chi connectivity index (χ3n) is 4.79. The van der Waals surface area contributed by atoms with Crippen molar-refractivity contribution in [3.8, 4) is 0 Å². The van der Waals surface area contributed by atoms with Gasteiger partial charge in [0.25, 0.3) is 0 Å². The van der Waals surface area contributed by atoms with Gasteiger partial charge in [-0.15, -0.1) is 0 Å². The van der Waals surface area contributed by atoms with Crippen molar-refractivity contribution in [2.45, 2.75) is 29.6 Å². The first-order valence-electron chi connectivity index (χ1n) is 7.18. The van der Waals surface area contributed by atoms with Crippen LogP contribution in [0.4, 0.5) is 0 Å². The van der Waals surface area contributed by atoms with Gasteiger partial charge in [0.1, 0.15) is 11.4 Å². The number of ketones is 2. The molecule has 0 saturated heterocycles. The Balaban J connectivity index is 2.79. The van der Waals surface area contributed by atoms with Crippen LogP contribution in [0.1, 0.15) is 12.8 Å². The molecule has 0 heterocycles. The molecule has 0 aromatic heterocycles. The first-order valence-corrected chi connectivity index (χ1v) is 7.18. The molecular weight excluding hydrogens is 340 g/mol. The highest BCUT2D eigenvalue weighted by molar-refractivity contribution is 6.14. The fraction of sp³-hybridized carbons (Fsp3) is 0.600. The second kappa shape index (κ2) is 5.90. The lowest BCUT2D eigenvalue weighted by Gasteiger charge is -2.55. The van der Waals surface area contributed by atoms with Crippen molar-refractivity contribution in [1.82, 2.24) is 0 Å². The van der Waals surface area contributed by atoms with E-state index in [9.17, 15) is 34.5 Å². The van der Waals surface area contributed by atoms with Gasteiger partial charge < -0.3 is 29.5 Å². The second-order valence-electron chi connectivity index (χ2n) is 5.94. The Hall–Kier alpha value is -2.30. The van der Waals surface area contributed by atoms with Crippen molar-refractivity contribution in [2.24, 2.45) is 5.92 Å². The Labute approximate surface area is 142 Å². The Morgan fingerprint density at radius 2 is 1.76 bits per heavy atom. The lowest BCUT2D eigenvalue weighted by atomic mass is 9.53. The number of aliphatic hydroxyl groups is 3. The maximum atomic E-state index is 12.4. The van der Waals surface area contributed by atoms with Crippen LogP contribution in [0.2, 0.25) is 0 Å². The highest BCUT2D eigenvalue weighted by atomic mass is 16.5. The molecule has 0 spiro atoms. The Morgan fingerprint density at radius 1 is 1.16 bits per heavy atom.